The first-order valence-corrected chi connectivity index (χ1v) is 6.07. The molecule has 1 aliphatic rings. The molecular formula is C11H21N3OS. The van der Waals surface area contributed by atoms with E-state index in [9.17, 15) is 4.79 Å². The van der Waals surface area contributed by atoms with Crippen LogP contribution >= 0.6 is 12.2 Å². The van der Waals surface area contributed by atoms with Gasteiger partial charge in [-0.25, -0.2) is 0 Å². The standard InChI is InChI=1S/C11H21N3OS/c1-8(9(12)15)7-14-5-3-11(2,4-6-14)10(13)16/h8H,3-7H2,1-2H3,(H2,12,15)(H2,13,16). The molecule has 4 N–H and O–H groups in total. The molecule has 1 fully saturated rings. The Morgan fingerprint density at radius 2 is 1.94 bits per heavy atom. The molecule has 0 spiro atoms. The molecule has 92 valence electrons. The van der Waals surface area contributed by atoms with Crippen LogP contribution in [0.1, 0.15) is 26.7 Å². The predicted octanol–water partition coefficient (Wildman–Crippen LogP) is 0.496. The summed E-state index contributed by atoms with van der Waals surface area (Å²) in [5, 5.41) is 0. The zero-order valence-electron chi connectivity index (χ0n) is 10.0. The van der Waals surface area contributed by atoms with Gasteiger partial charge in [-0.05, 0) is 25.9 Å². The van der Waals surface area contributed by atoms with Crippen molar-refractivity contribution in [2.45, 2.75) is 26.7 Å². The molecule has 0 radical (unpaired) electrons. The molecular weight excluding hydrogens is 222 g/mol. The van der Waals surface area contributed by atoms with Crippen LogP contribution in [-0.2, 0) is 4.79 Å². The number of primary amides is 1. The van der Waals surface area contributed by atoms with E-state index >= 15 is 0 Å². The predicted molar refractivity (Wildman–Crippen MR) is 68.9 cm³/mol. The van der Waals surface area contributed by atoms with Crippen LogP contribution in [-0.4, -0.2) is 35.4 Å². The maximum Gasteiger partial charge on any atom is 0.221 e. The molecule has 0 aromatic heterocycles. The van der Waals surface area contributed by atoms with E-state index in [4.69, 9.17) is 23.7 Å². The Kier molecular flexibility index (Phi) is 4.27. The van der Waals surface area contributed by atoms with Crippen molar-refractivity contribution in [3.05, 3.63) is 0 Å². The van der Waals surface area contributed by atoms with E-state index in [-0.39, 0.29) is 17.2 Å². The molecule has 0 bridgehead atoms. The normalized spacial score (nSPS) is 22.6. The zero-order chi connectivity index (χ0) is 12.3. The second kappa shape index (κ2) is 5.10. The van der Waals surface area contributed by atoms with Crippen molar-refractivity contribution in [3.8, 4) is 0 Å². The number of nitrogens with zero attached hydrogens (tertiary/aromatic N) is 1. The Hall–Kier alpha value is -0.680. The van der Waals surface area contributed by atoms with Crippen LogP contribution in [0, 0.1) is 11.3 Å². The maximum atomic E-state index is 11.0. The van der Waals surface area contributed by atoms with Gasteiger partial charge in [0.2, 0.25) is 5.91 Å². The lowest BCUT2D eigenvalue weighted by atomic mass is 9.80. The van der Waals surface area contributed by atoms with Gasteiger partial charge in [0.15, 0.2) is 0 Å². The summed E-state index contributed by atoms with van der Waals surface area (Å²) in [4.78, 5) is 13.8. The highest BCUT2D eigenvalue weighted by molar-refractivity contribution is 7.80. The fourth-order valence-corrected chi connectivity index (χ4v) is 2.16. The highest BCUT2D eigenvalue weighted by atomic mass is 32.1. The Morgan fingerprint density at radius 1 is 1.44 bits per heavy atom. The van der Waals surface area contributed by atoms with Gasteiger partial charge in [0.05, 0.1) is 4.99 Å². The lowest BCUT2D eigenvalue weighted by molar-refractivity contribution is -0.122. The van der Waals surface area contributed by atoms with Crippen LogP contribution in [0.3, 0.4) is 0 Å². The number of hydrogen-bond donors (Lipinski definition) is 2. The molecule has 4 nitrogen and oxygen atoms in total. The lowest BCUT2D eigenvalue weighted by Gasteiger charge is -2.39. The number of amides is 1. The van der Waals surface area contributed by atoms with Gasteiger partial charge in [0.1, 0.15) is 0 Å². The summed E-state index contributed by atoms with van der Waals surface area (Å²) >= 11 is 5.08. The smallest absolute Gasteiger partial charge is 0.221 e. The van der Waals surface area contributed by atoms with Crippen LogP contribution < -0.4 is 11.5 Å². The highest BCUT2D eigenvalue weighted by Crippen LogP contribution is 2.31. The van der Waals surface area contributed by atoms with Gasteiger partial charge < -0.3 is 16.4 Å². The van der Waals surface area contributed by atoms with E-state index in [1.165, 1.54) is 0 Å². The molecule has 0 saturated carbocycles. The average molecular weight is 243 g/mol. The summed E-state index contributed by atoms with van der Waals surface area (Å²) in [7, 11) is 0. The summed E-state index contributed by atoms with van der Waals surface area (Å²) in [5.74, 6) is -0.322. The van der Waals surface area contributed by atoms with Gasteiger partial charge >= 0.3 is 0 Å². The van der Waals surface area contributed by atoms with Gasteiger partial charge in [-0.3, -0.25) is 4.79 Å². The minimum Gasteiger partial charge on any atom is -0.393 e. The molecule has 1 rings (SSSR count). The van der Waals surface area contributed by atoms with Crippen LogP contribution in [0.4, 0.5) is 0 Å². The summed E-state index contributed by atoms with van der Waals surface area (Å²) in [6.07, 6.45) is 1.93. The molecule has 0 aromatic rings. The van der Waals surface area contributed by atoms with E-state index in [1.807, 2.05) is 6.92 Å². The minimum atomic E-state index is -0.234. The van der Waals surface area contributed by atoms with Crippen LogP contribution in [0.5, 0.6) is 0 Å². The molecule has 1 aliphatic heterocycles. The van der Waals surface area contributed by atoms with E-state index in [0.717, 1.165) is 32.5 Å². The molecule has 1 unspecified atom stereocenters. The van der Waals surface area contributed by atoms with Crippen molar-refractivity contribution in [3.63, 3.8) is 0 Å². The Balaban J connectivity index is 2.43. The third-order valence-electron chi connectivity index (χ3n) is 3.57. The molecule has 16 heavy (non-hydrogen) atoms. The van der Waals surface area contributed by atoms with Crippen molar-refractivity contribution in [2.75, 3.05) is 19.6 Å². The summed E-state index contributed by atoms with van der Waals surface area (Å²) in [5.41, 5.74) is 11.0. The fourth-order valence-electron chi connectivity index (χ4n) is 1.95. The largest absolute Gasteiger partial charge is 0.393 e. The van der Waals surface area contributed by atoms with Crippen molar-refractivity contribution in [2.24, 2.45) is 22.8 Å². The summed E-state index contributed by atoms with van der Waals surface area (Å²) in [6, 6.07) is 0. The second-order valence-electron chi connectivity index (χ2n) is 5.03. The quantitative estimate of drug-likeness (QED) is 0.705. The minimum absolute atomic E-state index is 0.0121. The summed E-state index contributed by atoms with van der Waals surface area (Å²) in [6.45, 7) is 6.59. The fraction of sp³-hybridized carbons (Fsp3) is 0.818. The number of hydrogen-bond acceptors (Lipinski definition) is 3. The molecule has 0 aromatic carbocycles. The first-order valence-electron chi connectivity index (χ1n) is 5.67. The van der Waals surface area contributed by atoms with Crippen molar-refractivity contribution < 1.29 is 4.79 Å². The van der Waals surface area contributed by atoms with E-state index in [0.29, 0.717) is 4.99 Å². The molecule has 1 amide bonds. The number of likely N-dealkylation sites (tertiary alicyclic amines) is 1. The summed E-state index contributed by atoms with van der Waals surface area (Å²) < 4.78 is 0. The Labute approximate surface area is 102 Å². The monoisotopic (exact) mass is 243 g/mol. The van der Waals surface area contributed by atoms with Gasteiger partial charge in [-0.15, -0.1) is 0 Å². The number of carbonyl (C=O) groups is 1. The van der Waals surface area contributed by atoms with Gasteiger partial charge in [-0.2, -0.15) is 0 Å². The van der Waals surface area contributed by atoms with Crippen LogP contribution in [0.15, 0.2) is 0 Å². The van der Waals surface area contributed by atoms with E-state index < -0.39 is 0 Å². The molecule has 1 saturated heterocycles. The third-order valence-corrected chi connectivity index (χ3v) is 4.07. The molecule has 5 heteroatoms. The topological polar surface area (TPSA) is 72.3 Å². The first kappa shape index (κ1) is 13.4. The number of nitrogens with two attached hydrogens (primary N) is 2. The number of thiocarbonyl (C=S) groups is 1. The first-order chi connectivity index (χ1) is 7.35. The number of rotatable bonds is 4. The highest BCUT2D eigenvalue weighted by Gasteiger charge is 2.33. The van der Waals surface area contributed by atoms with Crippen LogP contribution in [0.2, 0.25) is 0 Å². The average Bonchev–Trinajstić information content (AvgIpc) is 2.21. The Morgan fingerprint density at radius 3 is 2.31 bits per heavy atom. The van der Waals surface area contributed by atoms with Gasteiger partial charge in [-0.1, -0.05) is 26.1 Å². The number of piperidine rings is 1. The Bertz CT molecular complexity index is 285. The van der Waals surface area contributed by atoms with Crippen molar-refractivity contribution in [1.29, 1.82) is 0 Å². The van der Waals surface area contributed by atoms with E-state index in [1.54, 1.807) is 0 Å². The van der Waals surface area contributed by atoms with Gasteiger partial charge in [0, 0.05) is 17.9 Å². The third kappa shape index (κ3) is 3.15. The number of carbonyl (C=O) groups excluding carboxylic acids is 1. The van der Waals surface area contributed by atoms with Crippen LogP contribution in [0.25, 0.3) is 0 Å². The molecule has 0 aliphatic carbocycles. The van der Waals surface area contributed by atoms with E-state index in [2.05, 4.69) is 11.8 Å². The maximum absolute atomic E-state index is 11.0. The zero-order valence-corrected chi connectivity index (χ0v) is 10.8. The van der Waals surface area contributed by atoms with Crippen molar-refractivity contribution >= 4 is 23.1 Å². The molecule has 1 heterocycles. The van der Waals surface area contributed by atoms with Gasteiger partial charge in [0.25, 0.3) is 0 Å². The molecule has 1 atom stereocenters. The second-order valence-corrected chi connectivity index (χ2v) is 5.47. The van der Waals surface area contributed by atoms with Crippen molar-refractivity contribution in [1.82, 2.24) is 4.90 Å². The lowest BCUT2D eigenvalue weighted by Crippen LogP contribution is -2.46. The SMILES string of the molecule is CC(CN1CCC(C)(C(N)=S)CC1)C(N)=O.